The van der Waals surface area contributed by atoms with E-state index < -0.39 is 5.82 Å². The monoisotopic (exact) mass is 363 g/mol. The number of nitrogens with two attached hydrogens (primary N) is 1. The van der Waals surface area contributed by atoms with E-state index in [1.807, 2.05) is 6.07 Å². The van der Waals surface area contributed by atoms with Gasteiger partial charge in [-0.15, -0.1) is 0 Å². The van der Waals surface area contributed by atoms with Crippen molar-refractivity contribution in [1.82, 2.24) is 24.7 Å². The number of hydrogen-bond acceptors (Lipinski definition) is 6. The second-order valence-electron chi connectivity index (χ2n) is 5.73. The summed E-state index contributed by atoms with van der Waals surface area (Å²) in [6.07, 6.45) is 2.33. The number of nitrogen functional groups attached to an aromatic ring is 1. The Morgan fingerprint density at radius 2 is 1.96 bits per heavy atom. The molecule has 0 radical (unpaired) electrons. The van der Waals surface area contributed by atoms with Gasteiger partial charge in [0.15, 0.2) is 11.5 Å². The molecule has 9 heteroatoms. The number of benzene rings is 1. The quantitative estimate of drug-likeness (QED) is 0.600. The molecule has 0 aliphatic carbocycles. The topological polar surface area (TPSA) is 106 Å². The molecule has 0 bridgehead atoms. The summed E-state index contributed by atoms with van der Waals surface area (Å²) in [5.41, 5.74) is 6.86. The number of fused-ring (bicyclic) bond motifs is 1. The number of nitriles is 1. The smallest absolute Gasteiger partial charge is 0.182 e. The predicted molar refractivity (Wildman–Crippen MR) is 93.1 cm³/mol. The first-order chi connectivity index (χ1) is 13.1. The van der Waals surface area contributed by atoms with E-state index in [9.17, 15) is 8.78 Å². The summed E-state index contributed by atoms with van der Waals surface area (Å²) in [5.74, 6) is -0.834. The van der Waals surface area contributed by atoms with E-state index in [1.54, 1.807) is 18.2 Å². The molecule has 132 valence electrons. The molecule has 0 saturated heterocycles. The van der Waals surface area contributed by atoms with Crippen LogP contribution in [0.15, 0.2) is 42.7 Å². The fourth-order valence-electron chi connectivity index (χ4n) is 2.69. The molecule has 0 saturated carbocycles. The first-order valence-electron chi connectivity index (χ1n) is 7.85. The molecule has 3 heterocycles. The van der Waals surface area contributed by atoms with E-state index >= 15 is 0 Å². The van der Waals surface area contributed by atoms with Crippen LogP contribution < -0.4 is 5.73 Å². The van der Waals surface area contributed by atoms with Crippen molar-refractivity contribution in [3.8, 4) is 17.6 Å². The van der Waals surface area contributed by atoms with Crippen molar-refractivity contribution >= 4 is 16.9 Å². The first kappa shape index (κ1) is 16.5. The van der Waals surface area contributed by atoms with Crippen molar-refractivity contribution in [2.75, 3.05) is 5.73 Å². The van der Waals surface area contributed by atoms with Crippen molar-refractivity contribution in [2.24, 2.45) is 0 Å². The molecule has 0 aliphatic rings. The second-order valence-corrected chi connectivity index (χ2v) is 5.73. The number of halogens is 2. The summed E-state index contributed by atoms with van der Waals surface area (Å²) in [5, 5.41) is 13.7. The molecular formula is C18H11F2N7. The summed E-state index contributed by atoms with van der Waals surface area (Å²) in [6.45, 7) is 0.0908. The highest BCUT2D eigenvalue weighted by molar-refractivity contribution is 5.89. The average Bonchev–Trinajstić information content (AvgIpc) is 3.01. The van der Waals surface area contributed by atoms with E-state index in [0.717, 1.165) is 6.20 Å². The molecule has 0 spiro atoms. The van der Waals surface area contributed by atoms with Gasteiger partial charge in [0, 0.05) is 5.56 Å². The third kappa shape index (κ3) is 2.93. The van der Waals surface area contributed by atoms with Crippen molar-refractivity contribution in [3.63, 3.8) is 0 Å². The van der Waals surface area contributed by atoms with E-state index in [4.69, 9.17) is 11.0 Å². The third-order valence-corrected chi connectivity index (χ3v) is 3.98. The summed E-state index contributed by atoms with van der Waals surface area (Å²) in [7, 11) is 0. The summed E-state index contributed by atoms with van der Waals surface area (Å²) >= 11 is 0. The highest BCUT2D eigenvalue weighted by atomic mass is 19.1. The minimum Gasteiger partial charge on any atom is -0.382 e. The van der Waals surface area contributed by atoms with Crippen LogP contribution in [0.2, 0.25) is 0 Å². The van der Waals surface area contributed by atoms with Crippen LogP contribution in [0.4, 0.5) is 14.6 Å². The number of pyridine rings is 1. The number of nitrogens with zero attached hydrogens (tertiary/aromatic N) is 6. The van der Waals surface area contributed by atoms with Gasteiger partial charge >= 0.3 is 0 Å². The minimum absolute atomic E-state index is 0.0105. The molecule has 2 N–H and O–H groups in total. The molecular weight excluding hydrogens is 352 g/mol. The SMILES string of the molecule is N#Cc1cnc(-c2nn(Cc3ccccc3F)c3ncc(F)cc23)nc1N. The van der Waals surface area contributed by atoms with Gasteiger partial charge in [-0.05, 0) is 12.1 Å². The van der Waals surface area contributed by atoms with Gasteiger partial charge in [0.05, 0.1) is 24.3 Å². The molecule has 0 unspecified atom stereocenters. The zero-order valence-corrected chi connectivity index (χ0v) is 13.8. The fourth-order valence-corrected chi connectivity index (χ4v) is 2.69. The largest absolute Gasteiger partial charge is 0.382 e. The van der Waals surface area contributed by atoms with Crippen LogP contribution in [0.5, 0.6) is 0 Å². The Bertz CT molecular complexity index is 1210. The van der Waals surface area contributed by atoms with Crippen LogP contribution in [0.3, 0.4) is 0 Å². The van der Waals surface area contributed by atoms with E-state index in [0.29, 0.717) is 16.6 Å². The maximum Gasteiger partial charge on any atom is 0.182 e. The Kier molecular flexibility index (Phi) is 3.93. The third-order valence-electron chi connectivity index (χ3n) is 3.98. The highest BCUT2D eigenvalue weighted by Crippen LogP contribution is 2.26. The molecule has 0 amide bonds. The zero-order chi connectivity index (χ0) is 19.0. The van der Waals surface area contributed by atoms with Gasteiger partial charge in [-0.3, -0.25) is 0 Å². The van der Waals surface area contributed by atoms with Crippen LogP contribution in [-0.4, -0.2) is 24.7 Å². The van der Waals surface area contributed by atoms with Crippen LogP contribution in [-0.2, 0) is 6.54 Å². The Morgan fingerprint density at radius 3 is 2.70 bits per heavy atom. The van der Waals surface area contributed by atoms with Crippen molar-refractivity contribution < 1.29 is 8.78 Å². The Balaban J connectivity index is 1.89. The fraction of sp³-hybridized carbons (Fsp3) is 0.0556. The minimum atomic E-state index is -0.559. The molecule has 0 atom stereocenters. The normalized spacial score (nSPS) is 10.9. The predicted octanol–water partition coefficient (Wildman–Crippen LogP) is 2.67. The van der Waals surface area contributed by atoms with Crippen LogP contribution >= 0.6 is 0 Å². The Hall–Kier alpha value is -3.93. The lowest BCUT2D eigenvalue weighted by molar-refractivity contribution is 0.588. The summed E-state index contributed by atoms with van der Waals surface area (Å²) in [6, 6.07) is 9.40. The molecule has 4 rings (SSSR count). The molecule has 7 nitrogen and oxygen atoms in total. The number of anilines is 1. The van der Waals surface area contributed by atoms with Gasteiger partial charge in [-0.2, -0.15) is 10.4 Å². The van der Waals surface area contributed by atoms with E-state index in [1.165, 1.54) is 23.0 Å². The van der Waals surface area contributed by atoms with Crippen molar-refractivity contribution in [1.29, 1.82) is 5.26 Å². The average molecular weight is 363 g/mol. The van der Waals surface area contributed by atoms with Crippen LogP contribution in [0, 0.1) is 23.0 Å². The van der Waals surface area contributed by atoms with Crippen LogP contribution in [0.1, 0.15) is 11.1 Å². The van der Waals surface area contributed by atoms with Gasteiger partial charge in [0.2, 0.25) is 0 Å². The lowest BCUT2D eigenvalue weighted by atomic mass is 10.2. The van der Waals surface area contributed by atoms with Gasteiger partial charge in [-0.1, -0.05) is 18.2 Å². The summed E-state index contributed by atoms with van der Waals surface area (Å²) in [4.78, 5) is 12.2. The van der Waals surface area contributed by atoms with Crippen molar-refractivity contribution in [3.05, 3.63) is 65.5 Å². The van der Waals surface area contributed by atoms with E-state index in [-0.39, 0.29) is 35.3 Å². The highest BCUT2D eigenvalue weighted by Gasteiger charge is 2.18. The van der Waals surface area contributed by atoms with Crippen molar-refractivity contribution in [2.45, 2.75) is 6.54 Å². The first-order valence-corrected chi connectivity index (χ1v) is 7.85. The Labute approximate surface area is 151 Å². The molecule has 4 aromatic rings. The molecule has 1 aromatic carbocycles. The number of rotatable bonds is 3. The van der Waals surface area contributed by atoms with Crippen LogP contribution in [0.25, 0.3) is 22.6 Å². The molecule has 3 aromatic heterocycles. The molecule has 27 heavy (non-hydrogen) atoms. The molecule has 0 fully saturated rings. The maximum atomic E-state index is 14.0. The van der Waals surface area contributed by atoms with Gasteiger partial charge in [0.1, 0.15) is 34.8 Å². The van der Waals surface area contributed by atoms with E-state index in [2.05, 4.69) is 20.1 Å². The lowest BCUT2D eigenvalue weighted by Crippen LogP contribution is -2.05. The zero-order valence-electron chi connectivity index (χ0n) is 13.8. The second kappa shape index (κ2) is 6.42. The lowest BCUT2D eigenvalue weighted by Gasteiger charge is -2.04. The van der Waals surface area contributed by atoms with Gasteiger partial charge in [0.25, 0.3) is 0 Å². The van der Waals surface area contributed by atoms with Gasteiger partial charge < -0.3 is 5.73 Å². The number of aromatic nitrogens is 5. The van der Waals surface area contributed by atoms with Gasteiger partial charge in [-0.25, -0.2) is 28.4 Å². The number of hydrogen-bond donors (Lipinski definition) is 1. The summed E-state index contributed by atoms with van der Waals surface area (Å²) < 4.78 is 29.2. The Morgan fingerprint density at radius 1 is 1.15 bits per heavy atom. The standard InChI is InChI=1S/C18H11F2N7/c19-12-5-13-15(17-23-7-11(6-21)16(22)25-17)26-27(18(13)24-8-12)9-10-3-1-2-4-14(10)20/h1-5,7-8H,9H2,(H2,22,23,25). The maximum absolute atomic E-state index is 14.0. The molecule has 0 aliphatic heterocycles.